The average molecular weight is 423 g/mol. The summed E-state index contributed by atoms with van der Waals surface area (Å²) in [6.07, 6.45) is 0.513. The fourth-order valence-electron chi connectivity index (χ4n) is 4.03. The van der Waals surface area contributed by atoms with E-state index in [-0.39, 0.29) is 12.2 Å². The van der Waals surface area contributed by atoms with Crippen molar-refractivity contribution in [1.82, 2.24) is 5.32 Å². The van der Waals surface area contributed by atoms with Gasteiger partial charge in [0.05, 0.1) is 12.1 Å². The molecule has 2 aromatic rings. The number of aliphatic hydroxyl groups excluding tert-OH is 1. The molecule has 5 nitrogen and oxygen atoms in total. The average Bonchev–Trinajstić information content (AvgIpc) is 3.08. The van der Waals surface area contributed by atoms with Crippen molar-refractivity contribution in [2.24, 2.45) is 0 Å². The fraction of sp³-hybridized carbons (Fsp3) is 0.381. The van der Waals surface area contributed by atoms with Crippen LogP contribution >= 0.6 is 11.6 Å². The van der Waals surface area contributed by atoms with Crippen molar-refractivity contribution in [2.45, 2.75) is 37.0 Å². The molecule has 29 heavy (non-hydrogen) atoms. The maximum absolute atomic E-state index is 13.6. The summed E-state index contributed by atoms with van der Waals surface area (Å²) in [5.41, 5.74) is 1.46. The van der Waals surface area contributed by atoms with Gasteiger partial charge in [-0.2, -0.15) is 0 Å². The summed E-state index contributed by atoms with van der Waals surface area (Å²) in [6, 6.07) is 9.16. The summed E-state index contributed by atoms with van der Waals surface area (Å²) >= 11 is 6.00. The third-order valence-corrected chi connectivity index (χ3v) is 5.70. The molecule has 2 amide bonds. The van der Waals surface area contributed by atoms with E-state index in [1.165, 1.54) is 6.07 Å². The third-order valence-electron chi connectivity index (χ3n) is 5.46. The highest BCUT2D eigenvalue weighted by atomic mass is 35.5. The smallest absolute Gasteiger partial charge is 0.319 e. The highest BCUT2D eigenvalue weighted by molar-refractivity contribution is 6.30. The van der Waals surface area contributed by atoms with Gasteiger partial charge in [-0.3, -0.25) is 0 Å². The number of benzene rings is 2. The van der Waals surface area contributed by atoms with Crippen LogP contribution in [0.5, 0.6) is 5.75 Å². The Morgan fingerprint density at radius 2 is 2.03 bits per heavy atom. The van der Waals surface area contributed by atoms with Crippen LogP contribution in [-0.4, -0.2) is 36.2 Å². The topological polar surface area (TPSA) is 70.6 Å². The van der Waals surface area contributed by atoms with E-state index in [2.05, 4.69) is 10.6 Å². The molecule has 2 aromatic carbocycles. The zero-order valence-electron chi connectivity index (χ0n) is 15.6. The van der Waals surface area contributed by atoms with Crippen LogP contribution in [0.2, 0.25) is 5.02 Å². The second-order valence-corrected chi connectivity index (χ2v) is 8.03. The van der Waals surface area contributed by atoms with Crippen LogP contribution in [0, 0.1) is 0 Å². The Morgan fingerprint density at radius 3 is 2.79 bits per heavy atom. The van der Waals surface area contributed by atoms with Gasteiger partial charge in [0.1, 0.15) is 19.1 Å². The van der Waals surface area contributed by atoms with E-state index in [0.717, 1.165) is 11.1 Å². The van der Waals surface area contributed by atoms with Crippen LogP contribution in [0.15, 0.2) is 36.4 Å². The number of nitrogens with one attached hydrogen (secondary N) is 2. The Morgan fingerprint density at radius 1 is 1.24 bits per heavy atom. The monoisotopic (exact) mass is 422 g/mol. The lowest BCUT2D eigenvalue weighted by atomic mass is 9.88. The number of urea groups is 1. The molecule has 0 spiro atoms. The van der Waals surface area contributed by atoms with Crippen LogP contribution in [0.4, 0.5) is 19.3 Å². The Hall–Kier alpha value is -2.38. The van der Waals surface area contributed by atoms with E-state index in [1.807, 2.05) is 12.1 Å². The highest BCUT2D eigenvalue weighted by Gasteiger charge is 2.42. The normalized spacial score (nSPS) is 21.7. The van der Waals surface area contributed by atoms with Gasteiger partial charge in [-0.25, -0.2) is 13.6 Å². The molecular formula is C21H21ClF2N2O3. The molecular weight excluding hydrogens is 402 g/mol. The van der Waals surface area contributed by atoms with Gasteiger partial charge in [0.15, 0.2) is 5.60 Å². The number of fused-ring (bicyclic) bond motifs is 2. The van der Waals surface area contributed by atoms with Gasteiger partial charge in [-0.1, -0.05) is 29.8 Å². The van der Waals surface area contributed by atoms with Crippen molar-refractivity contribution >= 4 is 23.3 Å². The molecule has 1 unspecified atom stereocenters. The quantitative estimate of drug-likeness (QED) is 0.694. The maximum Gasteiger partial charge on any atom is 0.319 e. The first-order valence-electron chi connectivity index (χ1n) is 9.40. The molecule has 2 atom stereocenters. The van der Waals surface area contributed by atoms with Crippen molar-refractivity contribution in [3.05, 3.63) is 58.1 Å². The second kappa shape index (κ2) is 7.80. The second-order valence-electron chi connectivity index (χ2n) is 7.59. The molecule has 0 saturated carbocycles. The summed E-state index contributed by atoms with van der Waals surface area (Å²) in [5, 5.41) is 15.9. The first-order chi connectivity index (χ1) is 13.9. The van der Waals surface area contributed by atoms with Gasteiger partial charge in [-0.15, -0.1) is 0 Å². The van der Waals surface area contributed by atoms with Crippen molar-refractivity contribution in [1.29, 1.82) is 0 Å². The molecule has 1 heterocycles. The van der Waals surface area contributed by atoms with Crippen LogP contribution in [0.3, 0.4) is 0 Å². The Kier molecular flexibility index (Phi) is 5.36. The van der Waals surface area contributed by atoms with E-state index in [4.69, 9.17) is 16.3 Å². The molecule has 4 rings (SSSR count). The third kappa shape index (κ3) is 3.89. The molecule has 154 valence electrons. The molecule has 0 saturated heterocycles. The number of amides is 2. The zero-order chi connectivity index (χ0) is 20.6. The fourth-order valence-corrected chi connectivity index (χ4v) is 4.19. The number of carbonyl (C=O) groups excluding carboxylic acids is 1. The van der Waals surface area contributed by atoms with Gasteiger partial charge in [0.2, 0.25) is 0 Å². The standard InChI is InChI=1S/C21H21ClF2N2O3/c22-13-4-5-15-18(9-21(10-23,11-24)29-19(15)7-13)26-20(28)25-17-3-1-2-12-6-14(27)8-16(12)17/h1-5,7,14,18,27H,6,8-11H2,(H2,25,26,28)/t14?,18-/m1/s1. The summed E-state index contributed by atoms with van der Waals surface area (Å²) in [4.78, 5) is 12.7. The van der Waals surface area contributed by atoms with Gasteiger partial charge < -0.3 is 20.5 Å². The summed E-state index contributed by atoms with van der Waals surface area (Å²) in [7, 11) is 0. The predicted octanol–water partition coefficient (Wildman–Crippen LogP) is 4.12. The highest BCUT2D eigenvalue weighted by Crippen LogP contribution is 2.41. The Balaban J connectivity index is 1.56. The van der Waals surface area contributed by atoms with Crippen molar-refractivity contribution in [3.8, 4) is 5.75 Å². The van der Waals surface area contributed by atoms with Crippen LogP contribution in [0.1, 0.15) is 29.2 Å². The van der Waals surface area contributed by atoms with Crippen LogP contribution < -0.4 is 15.4 Å². The number of hydrogen-bond acceptors (Lipinski definition) is 3. The minimum atomic E-state index is -1.66. The number of ether oxygens (including phenoxy) is 1. The van der Waals surface area contributed by atoms with Gasteiger partial charge in [0, 0.05) is 29.1 Å². The molecule has 1 aliphatic heterocycles. The summed E-state index contributed by atoms with van der Waals surface area (Å²) < 4.78 is 32.8. The molecule has 0 bridgehead atoms. The van der Waals surface area contributed by atoms with Gasteiger partial charge in [-0.05, 0) is 35.7 Å². The SMILES string of the molecule is O=C(Nc1cccc2c1CC(O)C2)N[C@@H]1CC(CF)(CF)Oc2cc(Cl)ccc21. The zero-order valence-corrected chi connectivity index (χ0v) is 16.3. The minimum absolute atomic E-state index is 0.0480. The number of rotatable bonds is 4. The van der Waals surface area contributed by atoms with Gasteiger partial charge in [0.25, 0.3) is 0 Å². The van der Waals surface area contributed by atoms with E-state index < -0.39 is 37.1 Å². The van der Waals surface area contributed by atoms with Crippen molar-refractivity contribution in [2.75, 3.05) is 18.7 Å². The lowest BCUT2D eigenvalue weighted by Crippen LogP contribution is -2.49. The van der Waals surface area contributed by atoms with Crippen LogP contribution in [0.25, 0.3) is 0 Å². The number of alkyl halides is 2. The lowest BCUT2D eigenvalue weighted by molar-refractivity contribution is -0.0104. The Labute approximate surface area is 172 Å². The van der Waals surface area contributed by atoms with Gasteiger partial charge >= 0.3 is 6.03 Å². The molecule has 2 aliphatic rings. The number of anilines is 1. The lowest BCUT2D eigenvalue weighted by Gasteiger charge is -2.39. The Bertz CT molecular complexity index is 936. The number of carbonyl (C=O) groups is 1. The molecule has 0 aromatic heterocycles. The first-order valence-corrected chi connectivity index (χ1v) is 9.77. The minimum Gasteiger partial charge on any atom is -0.481 e. The van der Waals surface area contributed by atoms with E-state index in [9.17, 15) is 18.7 Å². The van der Waals surface area contributed by atoms with E-state index >= 15 is 0 Å². The summed E-state index contributed by atoms with van der Waals surface area (Å²) in [5.74, 6) is 0.257. The van der Waals surface area contributed by atoms with Crippen molar-refractivity contribution in [3.63, 3.8) is 0 Å². The maximum atomic E-state index is 13.6. The number of halogens is 3. The molecule has 0 radical (unpaired) electrons. The van der Waals surface area contributed by atoms with Crippen LogP contribution in [-0.2, 0) is 12.8 Å². The van der Waals surface area contributed by atoms with E-state index in [0.29, 0.717) is 29.1 Å². The summed E-state index contributed by atoms with van der Waals surface area (Å²) in [6.45, 7) is -2.06. The predicted molar refractivity (Wildman–Crippen MR) is 106 cm³/mol. The van der Waals surface area contributed by atoms with Crippen molar-refractivity contribution < 1.29 is 23.4 Å². The first kappa shape index (κ1) is 19.9. The van der Waals surface area contributed by atoms with E-state index in [1.54, 1.807) is 18.2 Å². The molecule has 3 N–H and O–H groups in total. The largest absolute Gasteiger partial charge is 0.481 e. The number of aliphatic hydroxyl groups is 1. The molecule has 8 heteroatoms. The molecule has 0 fully saturated rings. The number of hydrogen-bond donors (Lipinski definition) is 3. The molecule has 1 aliphatic carbocycles.